The van der Waals surface area contributed by atoms with E-state index in [1.165, 1.54) is 0 Å². The number of aryl methyl sites for hydroxylation is 1. The monoisotopic (exact) mass is 378 g/mol. The number of nitrogens with zero attached hydrogens (tertiary/aromatic N) is 6. The van der Waals surface area contributed by atoms with Crippen LogP contribution in [0.4, 0.5) is 5.69 Å². The SMILES string of the molecule is COc1ccc(N2CCN(C(=O)c3cccc(-c4nnnn4C)c3)CC2)cc1. The lowest BCUT2D eigenvalue weighted by molar-refractivity contribution is 0.0747. The molecular formula is C20H22N6O2. The first-order valence-corrected chi connectivity index (χ1v) is 9.17. The number of rotatable bonds is 4. The van der Waals surface area contributed by atoms with Crippen molar-refractivity contribution in [2.75, 3.05) is 38.2 Å². The van der Waals surface area contributed by atoms with E-state index < -0.39 is 0 Å². The molecular weight excluding hydrogens is 356 g/mol. The lowest BCUT2D eigenvalue weighted by Crippen LogP contribution is -2.48. The van der Waals surface area contributed by atoms with Crippen LogP contribution in [0.5, 0.6) is 5.75 Å². The lowest BCUT2D eigenvalue weighted by atomic mass is 10.1. The molecule has 3 aromatic rings. The molecule has 0 N–H and O–H groups in total. The molecule has 4 rings (SSSR count). The van der Waals surface area contributed by atoms with Gasteiger partial charge in [0.2, 0.25) is 0 Å². The molecule has 0 spiro atoms. The smallest absolute Gasteiger partial charge is 0.253 e. The molecule has 0 radical (unpaired) electrons. The summed E-state index contributed by atoms with van der Waals surface area (Å²) in [5.41, 5.74) is 2.62. The zero-order chi connectivity index (χ0) is 19.5. The summed E-state index contributed by atoms with van der Waals surface area (Å²) in [6.07, 6.45) is 0. The zero-order valence-electron chi connectivity index (χ0n) is 15.9. The second-order valence-electron chi connectivity index (χ2n) is 6.68. The normalized spacial score (nSPS) is 14.2. The Labute approximate surface area is 163 Å². The van der Waals surface area contributed by atoms with E-state index >= 15 is 0 Å². The van der Waals surface area contributed by atoms with Crippen LogP contribution < -0.4 is 9.64 Å². The predicted molar refractivity (Wildman–Crippen MR) is 105 cm³/mol. The van der Waals surface area contributed by atoms with E-state index in [-0.39, 0.29) is 5.91 Å². The number of hydrogen-bond acceptors (Lipinski definition) is 6. The highest BCUT2D eigenvalue weighted by molar-refractivity contribution is 5.95. The third kappa shape index (κ3) is 3.53. The minimum absolute atomic E-state index is 0.0337. The predicted octanol–water partition coefficient (Wildman–Crippen LogP) is 1.85. The molecule has 1 aliphatic rings. The fraction of sp³-hybridized carbons (Fsp3) is 0.300. The Balaban J connectivity index is 1.43. The van der Waals surface area contributed by atoms with E-state index in [0.29, 0.717) is 24.5 Å². The molecule has 0 unspecified atom stereocenters. The molecule has 2 heterocycles. The highest BCUT2D eigenvalue weighted by Crippen LogP contribution is 2.22. The maximum atomic E-state index is 13.0. The van der Waals surface area contributed by atoms with Crippen LogP contribution in [-0.2, 0) is 7.05 Å². The first kappa shape index (κ1) is 18.0. The summed E-state index contributed by atoms with van der Waals surface area (Å²) < 4.78 is 6.81. The molecule has 0 aliphatic carbocycles. The molecule has 1 fully saturated rings. The van der Waals surface area contributed by atoms with Gasteiger partial charge < -0.3 is 14.5 Å². The third-order valence-electron chi connectivity index (χ3n) is 4.99. The molecule has 0 atom stereocenters. The van der Waals surface area contributed by atoms with Crippen LogP contribution in [0.2, 0.25) is 0 Å². The molecule has 8 heteroatoms. The second kappa shape index (κ2) is 7.67. The maximum absolute atomic E-state index is 13.0. The number of hydrogen-bond donors (Lipinski definition) is 0. The highest BCUT2D eigenvalue weighted by atomic mass is 16.5. The van der Waals surface area contributed by atoms with E-state index in [9.17, 15) is 4.79 Å². The highest BCUT2D eigenvalue weighted by Gasteiger charge is 2.23. The van der Waals surface area contributed by atoms with Crippen LogP contribution in [0.1, 0.15) is 10.4 Å². The number of benzene rings is 2. The van der Waals surface area contributed by atoms with Crippen LogP contribution in [-0.4, -0.2) is 64.3 Å². The standard InChI is InChI=1S/C20H22N6O2/c1-24-19(21-22-23-24)15-4-3-5-16(14-15)20(27)26-12-10-25(11-13-26)17-6-8-18(28-2)9-7-17/h3-9,14H,10-13H2,1-2H3. The average molecular weight is 378 g/mol. The third-order valence-corrected chi connectivity index (χ3v) is 4.99. The number of methoxy groups -OCH3 is 1. The van der Waals surface area contributed by atoms with Gasteiger partial charge in [0, 0.05) is 50.0 Å². The number of carbonyl (C=O) groups is 1. The van der Waals surface area contributed by atoms with Gasteiger partial charge in [0.15, 0.2) is 5.82 Å². The Kier molecular flexibility index (Phi) is 4.92. The van der Waals surface area contributed by atoms with E-state index in [0.717, 1.165) is 30.1 Å². The number of piperazine rings is 1. The first-order chi connectivity index (χ1) is 13.7. The fourth-order valence-corrected chi connectivity index (χ4v) is 3.41. The number of anilines is 1. The van der Waals surface area contributed by atoms with Crippen molar-refractivity contribution in [1.82, 2.24) is 25.1 Å². The Hall–Kier alpha value is -3.42. The zero-order valence-corrected chi connectivity index (χ0v) is 15.9. The van der Waals surface area contributed by atoms with E-state index in [1.54, 1.807) is 18.8 Å². The van der Waals surface area contributed by atoms with E-state index in [4.69, 9.17) is 4.74 Å². The number of aromatic nitrogens is 4. The van der Waals surface area contributed by atoms with Gasteiger partial charge in [-0.25, -0.2) is 4.68 Å². The Morgan fingerprint density at radius 1 is 1.04 bits per heavy atom. The molecule has 1 aromatic heterocycles. The molecule has 0 saturated carbocycles. The molecule has 8 nitrogen and oxygen atoms in total. The van der Waals surface area contributed by atoms with Gasteiger partial charge in [-0.05, 0) is 46.8 Å². The van der Waals surface area contributed by atoms with Gasteiger partial charge in [0.1, 0.15) is 5.75 Å². The summed E-state index contributed by atoms with van der Waals surface area (Å²) in [5.74, 6) is 1.51. The van der Waals surface area contributed by atoms with Gasteiger partial charge in [0.05, 0.1) is 7.11 Å². The molecule has 1 saturated heterocycles. The number of tetrazole rings is 1. The van der Waals surface area contributed by atoms with Crippen molar-refractivity contribution in [2.45, 2.75) is 0 Å². The minimum Gasteiger partial charge on any atom is -0.497 e. The molecule has 144 valence electrons. The fourth-order valence-electron chi connectivity index (χ4n) is 3.41. The number of ether oxygens (including phenoxy) is 1. The van der Waals surface area contributed by atoms with Crippen molar-refractivity contribution in [3.63, 3.8) is 0 Å². The van der Waals surface area contributed by atoms with Crippen molar-refractivity contribution in [3.8, 4) is 17.1 Å². The summed E-state index contributed by atoms with van der Waals surface area (Å²) in [7, 11) is 3.44. The second-order valence-corrected chi connectivity index (χ2v) is 6.68. The largest absolute Gasteiger partial charge is 0.497 e. The van der Waals surface area contributed by atoms with Crippen LogP contribution in [0.15, 0.2) is 48.5 Å². The van der Waals surface area contributed by atoms with Gasteiger partial charge in [-0.3, -0.25) is 4.79 Å². The van der Waals surface area contributed by atoms with E-state index in [1.807, 2.05) is 41.3 Å². The van der Waals surface area contributed by atoms with Crippen molar-refractivity contribution >= 4 is 11.6 Å². The molecule has 1 aliphatic heterocycles. The number of amides is 1. The molecule has 2 aromatic carbocycles. The van der Waals surface area contributed by atoms with Crippen molar-refractivity contribution in [1.29, 1.82) is 0 Å². The van der Waals surface area contributed by atoms with E-state index in [2.05, 4.69) is 32.6 Å². The quantitative estimate of drug-likeness (QED) is 0.690. The summed E-state index contributed by atoms with van der Waals surface area (Å²) in [6, 6.07) is 15.5. The van der Waals surface area contributed by atoms with Gasteiger partial charge in [0.25, 0.3) is 5.91 Å². The minimum atomic E-state index is 0.0337. The van der Waals surface area contributed by atoms with Gasteiger partial charge in [-0.2, -0.15) is 0 Å². The summed E-state index contributed by atoms with van der Waals surface area (Å²) in [5, 5.41) is 11.5. The molecule has 1 amide bonds. The summed E-state index contributed by atoms with van der Waals surface area (Å²) in [6.45, 7) is 2.96. The van der Waals surface area contributed by atoms with Crippen molar-refractivity contribution < 1.29 is 9.53 Å². The van der Waals surface area contributed by atoms with Crippen LogP contribution in [0.25, 0.3) is 11.4 Å². The number of carbonyl (C=O) groups excluding carboxylic acids is 1. The lowest BCUT2D eigenvalue weighted by Gasteiger charge is -2.36. The van der Waals surface area contributed by atoms with Crippen LogP contribution >= 0.6 is 0 Å². The van der Waals surface area contributed by atoms with Crippen molar-refractivity contribution in [3.05, 3.63) is 54.1 Å². The Bertz CT molecular complexity index is 961. The first-order valence-electron chi connectivity index (χ1n) is 9.17. The van der Waals surface area contributed by atoms with Gasteiger partial charge >= 0.3 is 0 Å². The summed E-state index contributed by atoms with van der Waals surface area (Å²) >= 11 is 0. The summed E-state index contributed by atoms with van der Waals surface area (Å²) in [4.78, 5) is 17.1. The van der Waals surface area contributed by atoms with Crippen LogP contribution in [0, 0.1) is 0 Å². The molecule has 0 bridgehead atoms. The van der Waals surface area contributed by atoms with Crippen molar-refractivity contribution in [2.24, 2.45) is 7.05 Å². The van der Waals surface area contributed by atoms with Gasteiger partial charge in [-0.1, -0.05) is 12.1 Å². The van der Waals surface area contributed by atoms with Crippen LogP contribution in [0.3, 0.4) is 0 Å². The topological polar surface area (TPSA) is 76.4 Å². The Morgan fingerprint density at radius 2 is 1.79 bits per heavy atom. The Morgan fingerprint density at radius 3 is 2.43 bits per heavy atom. The average Bonchev–Trinajstić information content (AvgIpc) is 3.19. The maximum Gasteiger partial charge on any atom is 0.253 e. The van der Waals surface area contributed by atoms with Gasteiger partial charge in [-0.15, -0.1) is 5.10 Å². The molecule has 28 heavy (non-hydrogen) atoms.